The molecule has 1 aromatic carbocycles. The first-order valence-corrected chi connectivity index (χ1v) is 7.96. The number of nitrogens with one attached hydrogen (secondary N) is 3. The maximum absolute atomic E-state index is 12.5. The molecular weight excluding hydrogens is 330 g/mol. The largest absolute Gasteiger partial charge is 0.383 e. The van der Waals surface area contributed by atoms with E-state index in [0.717, 1.165) is 6.42 Å². The molecule has 1 aromatic heterocycles. The summed E-state index contributed by atoms with van der Waals surface area (Å²) in [5.41, 5.74) is 9.91. The number of nitrogens with two attached hydrogens (primary N) is 1. The van der Waals surface area contributed by atoms with Gasteiger partial charge in [-0.2, -0.15) is 14.9 Å². The van der Waals surface area contributed by atoms with E-state index < -0.39 is 0 Å². The first-order chi connectivity index (χ1) is 11.7. The second-order valence-electron chi connectivity index (χ2n) is 5.17. The zero-order valence-electron chi connectivity index (χ0n) is 12.9. The minimum atomic E-state index is -0.247. The summed E-state index contributed by atoms with van der Waals surface area (Å²) in [6.07, 6.45) is 0.790. The molecule has 0 saturated heterocycles. The zero-order valence-corrected chi connectivity index (χ0v) is 13.7. The van der Waals surface area contributed by atoms with E-state index in [4.69, 9.17) is 17.3 Å². The highest BCUT2D eigenvalue weighted by Crippen LogP contribution is 2.15. The van der Waals surface area contributed by atoms with Gasteiger partial charge in [0.2, 0.25) is 0 Å². The summed E-state index contributed by atoms with van der Waals surface area (Å²) in [6, 6.07) is 8.42. The summed E-state index contributed by atoms with van der Waals surface area (Å²) in [7, 11) is 0. The maximum atomic E-state index is 12.5. The number of benzene rings is 1. The lowest BCUT2D eigenvalue weighted by Crippen LogP contribution is -2.29. The quantitative estimate of drug-likeness (QED) is 0.565. The van der Waals surface area contributed by atoms with E-state index in [9.17, 15) is 4.79 Å². The molecule has 0 bridgehead atoms. The molecule has 0 radical (unpaired) electrons. The fourth-order valence-corrected chi connectivity index (χ4v) is 2.40. The Balaban J connectivity index is 2.03. The molecule has 0 saturated carbocycles. The van der Waals surface area contributed by atoms with Crippen LogP contribution in [0.25, 0.3) is 5.69 Å². The maximum Gasteiger partial charge on any atom is 0.273 e. The Hall–Kier alpha value is -2.58. The van der Waals surface area contributed by atoms with Crippen LogP contribution in [0.4, 0.5) is 5.69 Å². The highest BCUT2D eigenvalue weighted by atomic mass is 35.5. The normalized spacial score (nSPS) is 13.2. The van der Waals surface area contributed by atoms with Crippen LogP contribution in [0.1, 0.15) is 12.1 Å². The van der Waals surface area contributed by atoms with Gasteiger partial charge in [-0.05, 0) is 37.2 Å². The Morgan fingerprint density at radius 2 is 2.12 bits per heavy atom. The van der Waals surface area contributed by atoms with E-state index in [1.165, 1.54) is 10.7 Å². The fraction of sp³-hybridized carbons (Fsp3) is 0.267. The highest BCUT2D eigenvalue weighted by molar-refractivity contribution is 6.30. The van der Waals surface area contributed by atoms with Crippen molar-refractivity contribution >= 4 is 23.1 Å². The minimum Gasteiger partial charge on any atom is -0.383 e. The Labute approximate surface area is 143 Å². The van der Waals surface area contributed by atoms with Crippen molar-refractivity contribution in [3.8, 4) is 5.69 Å². The molecule has 5 N–H and O–H groups in total. The molecule has 9 heteroatoms. The first-order valence-electron chi connectivity index (χ1n) is 7.58. The number of rotatable bonds is 6. The third-order valence-corrected chi connectivity index (χ3v) is 3.70. The average molecular weight is 348 g/mol. The van der Waals surface area contributed by atoms with Crippen molar-refractivity contribution in [3.05, 3.63) is 51.4 Å². The summed E-state index contributed by atoms with van der Waals surface area (Å²) in [6.45, 7) is 1.73. The van der Waals surface area contributed by atoms with Crippen LogP contribution in [0.3, 0.4) is 0 Å². The average Bonchev–Trinajstić information content (AvgIpc) is 3.11. The standard InChI is InChI=1S/C15H18ClN7O/c16-10-2-4-11(5-3-10)23-13(24)8-12(18-7-1-6-17)14(22-23)15-19-9-20-21-15/h2-5,8,18,20H,1,6-7,9,17H2,(H,19,21). The van der Waals surface area contributed by atoms with Crippen LogP contribution in [0.2, 0.25) is 5.02 Å². The molecule has 0 amide bonds. The topological polar surface area (TPSA) is 109 Å². The number of aromatic nitrogens is 2. The molecular formula is C15H18ClN7O. The molecule has 1 aliphatic rings. The number of nitrogens with zero attached hydrogens (tertiary/aromatic N) is 3. The van der Waals surface area contributed by atoms with E-state index in [1.807, 2.05) is 0 Å². The molecule has 1 aliphatic heterocycles. The number of anilines is 1. The van der Waals surface area contributed by atoms with Crippen LogP contribution >= 0.6 is 11.6 Å². The van der Waals surface area contributed by atoms with Crippen molar-refractivity contribution in [3.63, 3.8) is 0 Å². The molecule has 24 heavy (non-hydrogen) atoms. The van der Waals surface area contributed by atoms with Crippen molar-refractivity contribution in [1.82, 2.24) is 20.5 Å². The number of amidine groups is 1. The van der Waals surface area contributed by atoms with Crippen LogP contribution in [-0.4, -0.2) is 35.4 Å². The number of hydrogen-bond donors (Lipinski definition) is 4. The molecule has 0 spiro atoms. The second kappa shape index (κ2) is 7.33. The predicted molar refractivity (Wildman–Crippen MR) is 94.7 cm³/mol. The number of hydrogen-bond acceptors (Lipinski definition) is 7. The smallest absolute Gasteiger partial charge is 0.273 e. The van der Waals surface area contributed by atoms with Gasteiger partial charge in [0.15, 0.2) is 11.5 Å². The van der Waals surface area contributed by atoms with Gasteiger partial charge in [0.1, 0.15) is 6.67 Å². The van der Waals surface area contributed by atoms with Gasteiger partial charge in [0.25, 0.3) is 5.56 Å². The van der Waals surface area contributed by atoms with Crippen molar-refractivity contribution in [1.29, 1.82) is 0 Å². The second-order valence-corrected chi connectivity index (χ2v) is 5.61. The predicted octanol–water partition coefficient (Wildman–Crippen LogP) is 0.458. The van der Waals surface area contributed by atoms with Gasteiger partial charge in [-0.1, -0.05) is 11.6 Å². The van der Waals surface area contributed by atoms with Gasteiger partial charge in [-0.25, -0.2) is 0 Å². The van der Waals surface area contributed by atoms with Crippen LogP contribution < -0.4 is 27.4 Å². The van der Waals surface area contributed by atoms with Crippen molar-refractivity contribution < 1.29 is 0 Å². The van der Waals surface area contributed by atoms with Crippen LogP contribution in [-0.2, 0) is 0 Å². The van der Waals surface area contributed by atoms with Crippen molar-refractivity contribution in [2.45, 2.75) is 6.42 Å². The minimum absolute atomic E-state index is 0.247. The molecule has 2 heterocycles. The van der Waals surface area contributed by atoms with E-state index in [2.05, 4.69) is 26.3 Å². The van der Waals surface area contributed by atoms with Gasteiger partial charge in [-0.15, -0.1) is 0 Å². The van der Waals surface area contributed by atoms with Gasteiger partial charge < -0.3 is 16.4 Å². The van der Waals surface area contributed by atoms with E-state index in [1.54, 1.807) is 24.3 Å². The summed E-state index contributed by atoms with van der Waals surface area (Å²) >= 11 is 5.90. The van der Waals surface area contributed by atoms with E-state index in [0.29, 0.717) is 47.7 Å². The Kier molecular flexibility index (Phi) is 4.97. The van der Waals surface area contributed by atoms with E-state index >= 15 is 0 Å². The lowest BCUT2D eigenvalue weighted by molar-refractivity contribution is 0.771. The Morgan fingerprint density at radius 1 is 1.33 bits per heavy atom. The van der Waals surface area contributed by atoms with Gasteiger partial charge in [0, 0.05) is 17.6 Å². The molecule has 0 unspecified atom stereocenters. The molecule has 0 fully saturated rings. The molecule has 0 atom stereocenters. The SMILES string of the molecule is NCCCNc1cc(=O)n(-c2ccc(Cl)cc2)nc1C1=NNCN1. The van der Waals surface area contributed by atoms with Crippen molar-refractivity contribution in [2.24, 2.45) is 10.8 Å². The first kappa shape index (κ1) is 16.3. The summed E-state index contributed by atoms with van der Waals surface area (Å²) in [4.78, 5) is 12.5. The van der Waals surface area contributed by atoms with Gasteiger partial charge in [-0.3, -0.25) is 10.2 Å². The van der Waals surface area contributed by atoms with Crippen LogP contribution in [0.15, 0.2) is 40.2 Å². The lowest BCUT2D eigenvalue weighted by atomic mass is 10.2. The summed E-state index contributed by atoms with van der Waals surface area (Å²) in [5, 5.41) is 15.5. The van der Waals surface area contributed by atoms with Crippen molar-refractivity contribution in [2.75, 3.05) is 25.1 Å². The monoisotopic (exact) mass is 347 g/mol. The lowest BCUT2D eigenvalue weighted by Gasteiger charge is -2.13. The van der Waals surface area contributed by atoms with E-state index in [-0.39, 0.29) is 5.56 Å². The van der Waals surface area contributed by atoms with Gasteiger partial charge >= 0.3 is 0 Å². The molecule has 3 rings (SSSR count). The summed E-state index contributed by atoms with van der Waals surface area (Å²) < 4.78 is 1.32. The Bertz CT molecular complexity index is 800. The zero-order chi connectivity index (χ0) is 16.9. The highest BCUT2D eigenvalue weighted by Gasteiger charge is 2.17. The fourth-order valence-electron chi connectivity index (χ4n) is 2.28. The number of halogens is 1. The number of hydrazone groups is 1. The Morgan fingerprint density at radius 3 is 2.79 bits per heavy atom. The third-order valence-electron chi connectivity index (χ3n) is 3.45. The molecule has 8 nitrogen and oxygen atoms in total. The molecule has 126 valence electrons. The molecule has 2 aromatic rings. The van der Waals surface area contributed by atoms with Crippen LogP contribution in [0, 0.1) is 0 Å². The molecule has 0 aliphatic carbocycles. The summed E-state index contributed by atoms with van der Waals surface area (Å²) in [5.74, 6) is 0.577. The van der Waals surface area contributed by atoms with Gasteiger partial charge in [0.05, 0.1) is 11.4 Å². The van der Waals surface area contributed by atoms with Crippen LogP contribution in [0.5, 0.6) is 0 Å². The third kappa shape index (κ3) is 3.50.